The molecule has 0 spiro atoms. The van der Waals surface area contributed by atoms with Crippen LogP contribution in [0.1, 0.15) is 21.5 Å². The zero-order chi connectivity index (χ0) is 13.8. The van der Waals surface area contributed by atoms with E-state index < -0.39 is 11.7 Å². The van der Waals surface area contributed by atoms with Crippen LogP contribution < -0.4 is 5.32 Å². The molecule has 0 aliphatic rings. The second kappa shape index (κ2) is 5.61. The van der Waals surface area contributed by atoms with E-state index in [1.165, 1.54) is 24.3 Å². The molecule has 98 valence electrons. The van der Waals surface area contributed by atoms with Crippen molar-refractivity contribution in [2.75, 3.05) is 0 Å². The lowest BCUT2D eigenvalue weighted by atomic mass is 10.1. The first-order chi connectivity index (χ1) is 9.06. The number of aryl methyl sites for hydroxylation is 1. The maximum atomic E-state index is 13.5. The van der Waals surface area contributed by atoms with Crippen LogP contribution >= 0.6 is 0 Å². The predicted octanol–water partition coefficient (Wildman–Crippen LogP) is 3.20. The van der Waals surface area contributed by atoms with Crippen molar-refractivity contribution < 1.29 is 13.6 Å². The number of hydrogen-bond donors (Lipinski definition) is 1. The maximum absolute atomic E-state index is 13.5. The summed E-state index contributed by atoms with van der Waals surface area (Å²) in [5, 5.41) is 2.56. The molecule has 0 aliphatic heterocycles. The summed E-state index contributed by atoms with van der Waals surface area (Å²) in [5.74, 6) is -1.44. The van der Waals surface area contributed by atoms with E-state index in [9.17, 15) is 13.6 Å². The van der Waals surface area contributed by atoms with Crippen molar-refractivity contribution in [3.05, 3.63) is 70.8 Å². The van der Waals surface area contributed by atoms with Crippen LogP contribution in [0.3, 0.4) is 0 Å². The largest absolute Gasteiger partial charge is 0.348 e. The SMILES string of the molecule is Cc1ccc(F)c(C(=O)NCc2cccc(F)c2)c1. The molecule has 0 saturated heterocycles. The first-order valence-electron chi connectivity index (χ1n) is 5.85. The molecule has 0 radical (unpaired) electrons. The first kappa shape index (κ1) is 13.2. The summed E-state index contributed by atoms with van der Waals surface area (Å²) in [7, 11) is 0. The van der Waals surface area contributed by atoms with Gasteiger partial charge in [-0.15, -0.1) is 0 Å². The maximum Gasteiger partial charge on any atom is 0.254 e. The summed E-state index contributed by atoms with van der Waals surface area (Å²) in [5.41, 5.74) is 1.43. The van der Waals surface area contributed by atoms with Crippen molar-refractivity contribution in [3.8, 4) is 0 Å². The minimum atomic E-state index is -0.567. The predicted molar refractivity (Wildman–Crippen MR) is 68.7 cm³/mol. The van der Waals surface area contributed by atoms with Gasteiger partial charge in [0.05, 0.1) is 5.56 Å². The lowest BCUT2D eigenvalue weighted by molar-refractivity contribution is 0.0946. The van der Waals surface area contributed by atoms with Gasteiger partial charge in [0.1, 0.15) is 11.6 Å². The molecule has 4 heteroatoms. The highest BCUT2D eigenvalue weighted by Gasteiger charge is 2.11. The van der Waals surface area contributed by atoms with Crippen molar-refractivity contribution in [2.45, 2.75) is 13.5 Å². The Hall–Kier alpha value is -2.23. The monoisotopic (exact) mass is 261 g/mol. The number of nitrogens with one attached hydrogen (secondary N) is 1. The normalized spacial score (nSPS) is 10.3. The quantitative estimate of drug-likeness (QED) is 0.903. The molecule has 0 saturated carbocycles. The molecule has 0 bridgehead atoms. The number of carbonyl (C=O) groups excluding carboxylic acids is 1. The molecular weight excluding hydrogens is 248 g/mol. The van der Waals surface area contributed by atoms with Crippen molar-refractivity contribution >= 4 is 5.91 Å². The highest BCUT2D eigenvalue weighted by Crippen LogP contribution is 2.10. The number of carbonyl (C=O) groups is 1. The summed E-state index contributed by atoms with van der Waals surface area (Å²) >= 11 is 0. The van der Waals surface area contributed by atoms with Gasteiger partial charge in [-0.3, -0.25) is 4.79 Å². The van der Waals surface area contributed by atoms with E-state index in [-0.39, 0.29) is 17.9 Å². The highest BCUT2D eigenvalue weighted by molar-refractivity contribution is 5.94. The molecule has 1 amide bonds. The van der Waals surface area contributed by atoms with Gasteiger partial charge in [-0.25, -0.2) is 8.78 Å². The number of amides is 1. The molecular formula is C15H13F2NO. The van der Waals surface area contributed by atoms with Crippen LogP contribution in [-0.2, 0) is 6.54 Å². The molecule has 2 aromatic carbocycles. The second-order valence-corrected chi connectivity index (χ2v) is 4.30. The fourth-order valence-corrected chi connectivity index (χ4v) is 1.74. The average molecular weight is 261 g/mol. The van der Waals surface area contributed by atoms with Crippen molar-refractivity contribution in [1.29, 1.82) is 0 Å². The molecule has 2 rings (SSSR count). The van der Waals surface area contributed by atoms with Crippen LogP contribution in [0.2, 0.25) is 0 Å². The van der Waals surface area contributed by atoms with Gasteiger partial charge in [0, 0.05) is 6.54 Å². The standard InChI is InChI=1S/C15H13F2NO/c1-10-5-6-14(17)13(7-10)15(19)18-9-11-3-2-4-12(16)8-11/h2-8H,9H2,1H3,(H,18,19). The Morgan fingerprint density at radius 3 is 2.68 bits per heavy atom. The zero-order valence-electron chi connectivity index (χ0n) is 10.4. The summed E-state index contributed by atoms with van der Waals surface area (Å²) in [6.07, 6.45) is 0. The van der Waals surface area contributed by atoms with E-state index in [2.05, 4.69) is 5.32 Å². The molecule has 2 nitrogen and oxygen atoms in total. The number of benzene rings is 2. The Labute approximate surface area is 110 Å². The van der Waals surface area contributed by atoms with Crippen molar-refractivity contribution in [1.82, 2.24) is 5.32 Å². The lowest BCUT2D eigenvalue weighted by Gasteiger charge is -2.07. The number of rotatable bonds is 3. The van der Waals surface area contributed by atoms with Gasteiger partial charge in [0.15, 0.2) is 0 Å². The van der Waals surface area contributed by atoms with Gasteiger partial charge in [-0.2, -0.15) is 0 Å². The van der Waals surface area contributed by atoms with Gasteiger partial charge in [-0.1, -0.05) is 23.8 Å². The van der Waals surface area contributed by atoms with Crippen LogP contribution in [-0.4, -0.2) is 5.91 Å². The van der Waals surface area contributed by atoms with Crippen LogP contribution in [0.5, 0.6) is 0 Å². The summed E-state index contributed by atoms with van der Waals surface area (Å²) < 4.78 is 26.4. The smallest absolute Gasteiger partial charge is 0.254 e. The zero-order valence-corrected chi connectivity index (χ0v) is 10.4. The Bertz CT molecular complexity index is 611. The van der Waals surface area contributed by atoms with E-state index in [1.54, 1.807) is 25.1 Å². The fraction of sp³-hybridized carbons (Fsp3) is 0.133. The molecule has 0 aromatic heterocycles. The van der Waals surface area contributed by atoms with E-state index in [0.29, 0.717) is 5.56 Å². The van der Waals surface area contributed by atoms with Crippen molar-refractivity contribution in [3.63, 3.8) is 0 Å². The average Bonchev–Trinajstić information content (AvgIpc) is 2.39. The Balaban J connectivity index is 2.07. The molecule has 0 atom stereocenters. The topological polar surface area (TPSA) is 29.1 Å². The Morgan fingerprint density at radius 1 is 1.16 bits per heavy atom. The Morgan fingerprint density at radius 2 is 1.95 bits per heavy atom. The van der Waals surface area contributed by atoms with E-state index >= 15 is 0 Å². The number of hydrogen-bond acceptors (Lipinski definition) is 1. The van der Waals surface area contributed by atoms with Crippen LogP contribution in [0.4, 0.5) is 8.78 Å². The third-order valence-electron chi connectivity index (χ3n) is 2.71. The van der Waals surface area contributed by atoms with Gasteiger partial charge >= 0.3 is 0 Å². The minimum Gasteiger partial charge on any atom is -0.348 e. The summed E-state index contributed by atoms with van der Waals surface area (Å²) in [6.45, 7) is 1.94. The molecule has 1 N–H and O–H groups in total. The van der Waals surface area contributed by atoms with Crippen molar-refractivity contribution in [2.24, 2.45) is 0 Å². The molecule has 19 heavy (non-hydrogen) atoms. The van der Waals surface area contributed by atoms with Gasteiger partial charge in [0.2, 0.25) is 0 Å². The van der Waals surface area contributed by atoms with Gasteiger partial charge in [0.25, 0.3) is 5.91 Å². The lowest BCUT2D eigenvalue weighted by Crippen LogP contribution is -2.24. The Kier molecular flexibility index (Phi) is 3.90. The molecule has 0 unspecified atom stereocenters. The third kappa shape index (κ3) is 3.37. The summed E-state index contributed by atoms with van der Waals surface area (Å²) in [4.78, 5) is 11.8. The molecule has 0 heterocycles. The van der Waals surface area contributed by atoms with Gasteiger partial charge in [-0.05, 0) is 36.8 Å². The molecule has 0 fully saturated rings. The fourth-order valence-electron chi connectivity index (χ4n) is 1.74. The highest BCUT2D eigenvalue weighted by atomic mass is 19.1. The van der Waals surface area contributed by atoms with Crippen LogP contribution in [0.25, 0.3) is 0 Å². The van der Waals surface area contributed by atoms with Crippen LogP contribution in [0.15, 0.2) is 42.5 Å². The van der Waals surface area contributed by atoms with Crippen LogP contribution in [0, 0.1) is 18.6 Å². The van der Waals surface area contributed by atoms with E-state index in [1.807, 2.05) is 0 Å². The summed E-state index contributed by atoms with van der Waals surface area (Å²) in [6, 6.07) is 10.2. The van der Waals surface area contributed by atoms with Gasteiger partial charge < -0.3 is 5.32 Å². The first-order valence-corrected chi connectivity index (χ1v) is 5.85. The molecule has 2 aromatic rings. The van der Waals surface area contributed by atoms with E-state index in [0.717, 1.165) is 5.56 Å². The second-order valence-electron chi connectivity index (χ2n) is 4.30. The minimum absolute atomic E-state index is 0.00333. The number of halogens is 2. The van der Waals surface area contributed by atoms with E-state index in [4.69, 9.17) is 0 Å². The third-order valence-corrected chi connectivity index (χ3v) is 2.71. The molecule has 0 aliphatic carbocycles.